The Balaban J connectivity index is 2.14. The molecular weight excluding hydrogens is 428 g/mol. The van der Waals surface area contributed by atoms with E-state index in [9.17, 15) is 13.5 Å². The third-order valence-electron chi connectivity index (χ3n) is 5.15. The molecule has 0 unspecified atom stereocenters. The molecule has 1 N–H and O–H groups in total. The summed E-state index contributed by atoms with van der Waals surface area (Å²) in [5.74, 6) is 0. The molecule has 0 aromatic heterocycles. The first-order valence-electron chi connectivity index (χ1n) is 10.1. The zero-order chi connectivity index (χ0) is 21.7. The summed E-state index contributed by atoms with van der Waals surface area (Å²) in [6, 6.07) is 6.55. The second-order valence-electron chi connectivity index (χ2n) is 8.65. The number of benzene rings is 1. The van der Waals surface area contributed by atoms with Crippen LogP contribution >= 0.6 is 11.6 Å². The molecule has 164 valence electrons. The Hall–Kier alpha value is -0.703. The smallest absolute Gasteiger partial charge is 0.297 e. The summed E-state index contributed by atoms with van der Waals surface area (Å²) in [7, 11) is -5.38. The fourth-order valence-electron chi connectivity index (χ4n) is 3.29. The van der Waals surface area contributed by atoms with E-state index in [0.717, 1.165) is 12.0 Å². The minimum atomic E-state index is -3.88. The number of aryl methyl sites for hydroxylation is 1. The van der Waals surface area contributed by atoms with Gasteiger partial charge in [-0.25, -0.2) is 0 Å². The molecule has 0 spiro atoms. The van der Waals surface area contributed by atoms with Gasteiger partial charge in [0, 0.05) is 6.61 Å². The lowest BCUT2D eigenvalue weighted by Crippen LogP contribution is -2.38. The van der Waals surface area contributed by atoms with Crippen molar-refractivity contribution in [1.82, 2.24) is 0 Å². The standard InChI is InChI=1S/C21H33ClO5SSi/c1-16-7-9-18(10-8-16)28(24,25)26-15-21-20(22)12-11-19(29(2,3)4)14-17(27-21)6-5-13-23/h7-11,17,20-21,23H,5-6,12-15H2,1-4H3/t17-,20-,21-/m0/s1. The van der Waals surface area contributed by atoms with Gasteiger partial charge in [-0.05, 0) is 44.7 Å². The number of allylic oxidation sites excluding steroid dienone is 1. The summed E-state index contributed by atoms with van der Waals surface area (Å²) >= 11 is 6.59. The van der Waals surface area contributed by atoms with E-state index < -0.39 is 24.3 Å². The Labute approximate surface area is 181 Å². The number of hydrogen-bond acceptors (Lipinski definition) is 5. The minimum absolute atomic E-state index is 0.0964. The molecule has 1 heterocycles. The van der Waals surface area contributed by atoms with E-state index in [0.29, 0.717) is 19.3 Å². The number of halogens is 1. The number of hydrogen-bond donors (Lipinski definition) is 1. The van der Waals surface area contributed by atoms with Gasteiger partial charge in [0.1, 0.15) is 0 Å². The van der Waals surface area contributed by atoms with Crippen LogP contribution in [0.5, 0.6) is 0 Å². The molecule has 1 aliphatic rings. The first-order valence-corrected chi connectivity index (χ1v) is 15.4. The van der Waals surface area contributed by atoms with Crippen LogP contribution in [0.15, 0.2) is 40.4 Å². The third-order valence-corrected chi connectivity index (χ3v) is 9.24. The molecule has 0 saturated heterocycles. The van der Waals surface area contributed by atoms with Gasteiger partial charge in [-0.2, -0.15) is 8.42 Å². The van der Waals surface area contributed by atoms with Crippen molar-refractivity contribution in [2.45, 2.75) is 74.7 Å². The van der Waals surface area contributed by atoms with E-state index in [1.165, 1.54) is 17.3 Å². The second-order valence-corrected chi connectivity index (χ2v) is 16.0. The van der Waals surface area contributed by atoms with Crippen molar-refractivity contribution in [2.24, 2.45) is 0 Å². The quantitative estimate of drug-likeness (QED) is 0.353. The molecule has 1 aromatic rings. The molecule has 1 aromatic carbocycles. The van der Waals surface area contributed by atoms with Crippen LogP contribution in [0.3, 0.4) is 0 Å². The Morgan fingerprint density at radius 2 is 1.90 bits per heavy atom. The van der Waals surface area contributed by atoms with E-state index in [-0.39, 0.29) is 29.6 Å². The van der Waals surface area contributed by atoms with Crippen molar-refractivity contribution in [1.29, 1.82) is 0 Å². The predicted octanol–water partition coefficient (Wildman–Crippen LogP) is 4.43. The van der Waals surface area contributed by atoms with Gasteiger partial charge in [-0.1, -0.05) is 48.6 Å². The minimum Gasteiger partial charge on any atom is -0.396 e. The van der Waals surface area contributed by atoms with E-state index in [2.05, 4.69) is 25.7 Å². The number of alkyl halides is 1. The van der Waals surface area contributed by atoms with Crippen molar-refractivity contribution in [3.8, 4) is 0 Å². The lowest BCUT2D eigenvalue weighted by molar-refractivity contribution is -0.0403. The molecule has 5 nitrogen and oxygen atoms in total. The number of aliphatic hydroxyl groups excluding tert-OH is 1. The molecular formula is C21H33ClO5SSi. The van der Waals surface area contributed by atoms with Crippen molar-refractivity contribution >= 4 is 29.8 Å². The summed E-state index contributed by atoms with van der Waals surface area (Å²) in [6.07, 6.45) is 4.29. The molecule has 0 bridgehead atoms. The summed E-state index contributed by atoms with van der Waals surface area (Å²) in [5.41, 5.74) is 0.977. The van der Waals surface area contributed by atoms with Crippen LogP contribution in [0.4, 0.5) is 0 Å². The Kier molecular flexibility index (Phi) is 8.94. The largest absolute Gasteiger partial charge is 0.396 e. The fourth-order valence-corrected chi connectivity index (χ4v) is 6.00. The van der Waals surface area contributed by atoms with Crippen molar-refractivity contribution in [3.63, 3.8) is 0 Å². The molecule has 0 amide bonds. The molecule has 0 fully saturated rings. The Morgan fingerprint density at radius 3 is 2.48 bits per heavy atom. The lowest BCUT2D eigenvalue weighted by Gasteiger charge is -2.33. The van der Waals surface area contributed by atoms with Gasteiger partial charge in [0.15, 0.2) is 0 Å². The van der Waals surface area contributed by atoms with Crippen LogP contribution in [-0.2, 0) is 19.0 Å². The zero-order valence-electron chi connectivity index (χ0n) is 17.7. The van der Waals surface area contributed by atoms with Gasteiger partial charge < -0.3 is 9.84 Å². The molecule has 3 atom stereocenters. The first-order chi connectivity index (χ1) is 13.5. The van der Waals surface area contributed by atoms with Crippen LogP contribution in [0.1, 0.15) is 31.2 Å². The van der Waals surface area contributed by atoms with Gasteiger partial charge >= 0.3 is 0 Å². The highest BCUT2D eigenvalue weighted by atomic mass is 35.5. The maximum atomic E-state index is 12.5. The third kappa shape index (κ3) is 7.49. The molecule has 0 aliphatic carbocycles. The molecule has 8 heteroatoms. The van der Waals surface area contributed by atoms with E-state index in [1.807, 2.05) is 6.92 Å². The average Bonchev–Trinajstić information content (AvgIpc) is 2.63. The Morgan fingerprint density at radius 1 is 1.24 bits per heavy atom. The second kappa shape index (κ2) is 10.6. The van der Waals surface area contributed by atoms with E-state index in [1.54, 1.807) is 12.1 Å². The van der Waals surface area contributed by atoms with Gasteiger partial charge in [-0.15, -0.1) is 11.6 Å². The average molecular weight is 461 g/mol. The summed E-state index contributed by atoms with van der Waals surface area (Å²) in [5, 5.41) is 10.2. The van der Waals surface area contributed by atoms with Crippen LogP contribution in [0.2, 0.25) is 19.6 Å². The van der Waals surface area contributed by atoms with Gasteiger partial charge in [0.25, 0.3) is 10.1 Å². The molecule has 0 radical (unpaired) electrons. The van der Waals surface area contributed by atoms with Gasteiger partial charge in [0.2, 0.25) is 0 Å². The van der Waals surface area contributed by atoms with Crippen molar-refractivity contribution < 1.29 is 22.4 Å². The maximum absolute atomic E-state index is 12.5. The molecule has 29 heavy (non-hydrogen) atoms. The number of aliphatic hydroxyl groups is 1. The highest BCUT2D eigenvalue weighted by molar-refractivity contribution is 7.86. The first kappa shape index (κ1) is 24.6. The van der Waals surface area contributed by atoms with E-state index >= 15 is 0 Å². The highest BCUT2D eigenvalue weighted by Crippen LogP contribution is 2.30. The Bertz CT molecular complexity index is 786. The van der Waals surface area contributed by atoms with Crippen molar-refractivity contribution in [2.75, 3.05) is 13.2 Å². The SMILES string of the molecule is Cc1ccc(S(=O)(=O)OC[C@@H]2O[C@@H](CCCO)CC([Si](C)(C)C)=CC[C@@H]2Cl)cc1. The van der Waals surface area contributed by atoms with Crippen LogP contribution in [0.25, 0.3) is 0 Å². The van der Waals surface area contributed by atoms with Crippen molar-refractivity contribution in [3.05, 3.63) is 41.1 Å². The predicted molar refractivity (Wildman–Crippen MR) is 120 cm³/mol. The van der Waals surface area contributed by atoms with E-state index in [4.69, 9.17) is 20.5 Å². The topological polar surface area (TPSA) is 72.8 Å². The van der Waals surface area contributed by atoms with Crippen LogP contribution in [0, 0.1) is 6.92 Å². The van der Waals surface area contributed by atoms with Crippen LogP contribution < -0.4 is 0 Å². The normalized spacial score (nSPS) is 23.9. The number of ether oxygens (including phenoxy) is 1. The van der Waals surface area contributed by atoms with Gasteiger partial charge in [0.05, 0.1) is 37.2 Å². The summed E-state index contributed by atoms with van der Waals surface area (Å²) < 4.78 is 36.6. The highest BCUT2D eigenvalue weighted by Gasteiger charge is 2.31. The summed E-state index contributed by atoms with van der Waals surface area (Å²) in [4.78, 5) is 0.123. The van der Waals surface area contributed by atoms with Crippen LogP contribution in [-0.4, -0.2) is 52.4 Å². The number of rotatable bonds is 8. The fraction of sp³-hybridized carbons (Fsp3) is 0.619. The zero-order valence-corrected chi connectivity index (χ0v) is 20.3. The maximum Gasteiger partial charge on any atom is 0.297 e. The summed E-state index contributed by atoms with van der Waals surface area (Å²) in [6.45, 7) is 8.74. The molecule has 0 saturated carbocycles. The molecule has 1 aliphatic heterocycles. The monoisotopic (exact) mass is 460 g/mol. The lowest BCUT2D eigenvalue weighted by atomic mass is 10.1. The van der Waals surface area contributed by atoms with Gasteiger partial charge in [-0.3, -0.25) is 4.18 Å². The molecule has 2 rings (SSSR count).